The molecule has 0 fully saturated rings. The minimum absolute atomic E-state index is 0.0156. The molecule has 4 heteroatoms. The summed E-state index contributed by atoms with van der Waals surface area (Å²) >= 11 is 3.37. The van der Waals surface area contributed by atoms with E-state index in [9.17, 15) is 4.79 Å². The molecule has 0 aliphatic rings. The molecular formula is C12H17BrN2O. The normalized spacial score (nSPS) is 14.2. The molecule has 1 aromatic rings. The smallest absolute Gasteiger partial charge is 0.237 e. The molecular weight excluding hydrogens is 268 g/mol. The highest BCUT2D eigenvalue weighted by Gasteiger charge is 2.14. The summed E-state index contributed by atoms with van der Waals surface area (Å²) in [4.78, 5) is 11.6. The van der Waals surface area contributed by atoms with Crippen LogP contribution in [0.5, 0.6) is 0 Å². The molecule has 16 heavy (non-hydrogen) atoms. The lowest BCUT2D eigenvalue weighted by Crippen LogP contribution is -2.41. The number of rotatable bonds is 4. The lowest BCUT2D eigenvalue weighted by molar-refractivity contribution is -0.123. The maximum Gasteiger partial charge on any atom is 0.237 e. The van der Waals surface area contributed by atoms with Gasteiger partial charge in [0, 0.05) is 4.47 Å². The number of benzene rings is 1. The number of nitrogens with two attached hydrogens (primary N) is 1. The molecule has 0 saturated carbocycles. The quantitative estimate of drug-likeness (QED) is 0.892. The van der Waals surface area contributed by atoms with Gasteiger partial charge in [-0.25, -0.2) is 0 Å². The first-order chi connectivity index (χ1) is 7.54. The number of halogens is 1. The second kappa shape index (κ2) is 6.01. The predicted octanol–water partition coefficient (Wildman–Crippen LogP) is 2.36. The highest BCUT2D eigenvalue weighted by molar-refractivity contribution is 9.10. The van der Waals surface area contributed by atoms with Crippen LogP contribution in [-0.4, -0.2) is 11.9 Å². The zero-order valence-corrected chi connectivity index (χ0v) is 11.1. The van der Waals surface area contributed by atoms with E-state index in [0.29, 0.717) is 6.42 Å². The van der Waals surface area contributed by atoms with E-state index < -0.39 is 6.04 Å². The summed E-state index contributed by atoms with van der Waals surface area (Å²) in [5.41, 5.74) is 6.72. The zero-order valence-electron chi connectivity index (χ0n) is 9.53. The van der Waals surface area contributed by atoms with Crippen molar-refractivity contribution in [1.82, 2.24) is 5.32 Å². The first-order valence-electron chi connectivity index (χ1n) is 5.36. The SMILES string of the molecule is CC[C@H](N)C(=O)NC(C)c1ccc(Br)cc1. The summed E-state index contributed by atoms with van der Waals surface area (Å²) in [5, 5.41) is 2.89. The van der Waals surface area contributed by atoms with Crippen molar-refractivity contribution in [1.29, 1.82) is 0 Å². The number of nitrogens with one attached hydrogen (secondary N) is 1. The first-order valence-corrected chi connectivity index (χ1v) is 6.15. The maximum absolute atomic E-state index is 11.6. The number of hydrogen-bond acceptors (Lipinski definition) is 2. The molecule has 0 aliphatic heterocycles. The fraction of sp³-hybridized carbons (Fsp3) is 0.417. The third kappa shape index (κ3) is 3.61. The van der Waals surface area contributed by atoms with Crippen molar-refractivity contribution in [3.63, 3.8) is 0 Å². The van der Waals surface area contributed by atoms with E-state index >= 15 is 0 Å². The Balaban J connectivity index is 2.62. The Hall–Kier alpha value is -0.870. The Kier molecular flexibility index (Phi) is 4.96. The predicted molar refractivity (Wildman–Crippen MR) is 69.0 cm³/mol. The Morgan fingerprint density at radius 3 is 2.50 bits per heavy atom. The van der Waals surface area contributed by atoms with Crippen LogP contribution in [0.2, 0.25) is 0 Å². The average molecular weight is 285 g/mol. The van der Waals surface area contributed by atoms with Crippen LogP contribution >= 0.6 is 15.9 Å². The van der Waals surface area contributed by atoms with Crippen LogP contribution in [-0.2, 0) is 4.79 Å². The van der Waals surface area contributed by atoms with Crippen molar-refractivity contribution in [3.05, 3.63) is 34.3 Å². The summed E-state index contributed by atoms with van der Waals surface area (Å²) in [6.07, 6.45) is 0.652. The topological polar surface area (TPSA) is 55.1 Å². The first kappa shape index (κ1) is 13.2. The number of carbonyl (C=O) groups excluding carboxylic acids is 1. The molecule has 0 spiro atoms. The molecule has 3 N–H and O–H groups in total. The highest BCUT2D eigenvalue weighted by Crippen LogP contribution is 2.16. The maximum atomic E-state index is 11.6. The molecule has 0 aliphatic carbocycles. The van der Waals surface area contributed by atoms with Crippen LogP contribution in [0, 0.1) is 0 Å². The van der Waals surface area contributed by atoms with Gasteiger partial charge in [-0.3, -0.25) is 4.79 Å². The van der Waals surface area contributed by atoms with Crippen LogP contribution in [0.15, 0.2) is 28.7 Å². The summed E-state index contributed by atoms with van der Waals surface area (Å²) in [7, 11) is 0. The fourth-order valence-corrected chi connectivity index (χ4v) is 1.60. The van der Waals surface area contributed by atoms with Crippen molar-refractivity contribution in [2.45, 2.75) is 32.4 Å². The number of amides is 1. The van der Waals surface area contributed by atoms with Crippen molar-refractivity contribution >= 4 is 21.8 Å². The summed E-state index contributed by atoms with van der Waals surface area (Å²) in [5.74, 6) is -0.0991. The largest absolute Gasteiger partial charge is 0.348 e. The second-order valence-corrected chi connectivity index (χ2v) is 4.71. The zero-order chi connectivity index (χ0) is 12.1. The van der Waals surface area contributed by atoms with Gasteiger partial charge in [-0.2, -0.15) is 0 Å². The van der Waals surface area contributed by atoms with E-state index in [1.54, 1.807) is 0 Å². The lowest BCUT2D eigenvalue weighted by Gasteiger charge is -2.17. The average Bonchev–Trinajstić information content (AvgIpc) is 2.28. The molecule has 3 nitrogen and oxygen atoms in total. The van der Waals surface area contributed by atoms with Crippen LogP contribution < -0.4 is 11.1 Å². The highest BCUT2D eigenvalue weighted by atomic mass is 79.9. The Morgan fingerprint density at radius 1 is 1.44 bits per heavy atom. The standard InChI is InChI=1S/C12H17BrN2O/c1-3-11(14)12(16)15-8(2)9-4-6-10(13)7-5-9/h4-8,11H,3,14H2,1-2H3,(H,15,16)/t8?,11-/m0/s1. The van der Waals surface area contributed by atoms with Crippen LogP contribution in [0.25, 0.3) is 0 Å². The van der Waals surface area contributed by atoms with Gasteiger partial charge in [-0.05, 0) is 31.0 Å². The molecule has 0 bridgehead atoms. The number of hydrogen-bond donors (Lipinski definition) is 2. The molecule has 0 aromatic heterocycles. The van der Waals surface area contributed by atoms with Crippen molar-refractivity contribution in [2.24, 2.45) is 5.73 Å². The molecule has 1 amide bonds. The Bertz CT molecular complexity index is 351. The summed E-state index contributed by atoms with van der Waals surface area (Å²) in [6, 6.07) is 7.44. The summed E-state index contributed by atoms with van der Waals surface area (Å²) < 4.78 is 1.03. The molecule has 1 unspecified atom stereocenters. The van der Waals surface area contributed by atoms with E-state index in [1.807, 2.05) is 38.1 Å². The third-order valence-corrected chi connectivity index (χ3v) is 3.03. The van der Waals surface area contributed by atoms with Gasteiger partial charge in [0.2, 0.25) is 5.91 Å². The van der Waals surface area contributed by atoms with Crippen LogP contribution in [0.1, 0.15) is 31.9 Å². The van der Waals surface area contributed by atoms with Crippen molar-refractivity contribution < 1.29 is 4.79 Å². The molecule has 2 atom stereocenters. The monoisotopic (exact) mass is 284 g/mol. The Labute approximate surface area is 105 Å². The van der Waals surface area contributed by atoms with E-state index in [4.69, 9.17) is 5.73 Å². The van der Waals surface area contributed by atoms with Gasteiger partial charge < -0.3 is 11.1 Å². The molecule has 1 aromatic carbocycles. The summed E-state index contributed by atoms with van der Waals surface area (Å²) in [6.45, 7) is 3.85. The van der Waals surface area contributed by atoms with Crippen molar-refractivity contribution in [2.75, 3.05) is 0 Å². The Morgan fingerprint density at radius 2 is 2.00 bits per heavy atom. The van der Waals surface area contributed by atoms with Gasteiger partial charge in [-0.1, -0.05) is 35.0 Å². The minimum Gasteiger partial charge on any atom is -0.348 e. The minimum atomic E-state index is -0.419. The third-order valence-electron chi connectivity index (χ3n) is 2.51. The molecule has 0 heterocycles. The van der Waals surface area contributed by atoms with Gasteiger partial charge in [0.05, 0.1) is 12.1 Å². The molecule has 0 saturated heterocycles. The molecule has 0 radical (unpaired) electrons. The van der Waals surface area contributed by atoms with Gasteiger partial charge in [0.1, 0.15) is 0 Å². The number of carbonyl (C=O) groups is 1. The van der Waals surface area contributed by atoms with Gasteiger partial charge >= 0.3 is 0 Å². The van der Waals surface area contributed by atoms with Crippen LogP contribution in [0.4, 0.5) is 0 Å². The molecule has 1 rings (SSSR count). The lowest BCUT2D eigenvalue weighted by atomic mass is 10.1. The van der Waals surface area contributed by atoms with Gasteiger partial charge in [0.25, 0.3) is 0 Å². The van der Waals surface area contributed by atoms with E-state index in [0.717, 1.165) is 10.0 Å². The second-order valence-electron chi connectivity index (χ2n) is 3.80. The molecule has 88 valence electrons. The van der Waals surface area contributed by atoms with E-state index in [2.05, 4.69) is 21.2 Å². The van der Waals surface area contributed by atoms with Crippen molar-refractivity contribution in [3.8, 4) is 0 Å². The van der Waals surface area contributed by atoms with Crippen LogP contribution in [0.3, 0.4) is 0 Å². The van der Waals surface area contributed by atoms with Gasteiger partial charge in [-0.15, -0.1) is 0 Å². The van der Waals surface area contributed by atoms with E-state index in [-0.39, 0.29) is 11.9 Å². The van der Waals surface area contributed by atoms with E-state index in [1.165, 1.54) is 0 Å². The fourth-order valence-electron chi connectivity index (χ4n) is 1.34. The van der Waals surface area contributed by atoms with Gasteiger partial charge in [0.15, 0.2) is 0 Å².